The quantitative estimate of drug-likeness (QED) is 0.625. The number of aromatic nitrogens is 1. The molecule has 0 amide bonds. The van der Waals surface area contributed by atoms with Gasteiger partial charge >= 0.3 is 0 Å². The van der Waals surface area contributed by atoms with E-state index in [1.807, 2.05) is 12.3 Å². The molecule has 0 unspecified atom stereocenters. The molecule has 0 saturated heterocycles. The van der Waals surface area contributed by atoms with E-state index in [0.29, 0.717) is 0 Å². The van der Waals surface area contributed by atoms with Gasteiger partial charge in [-0.3, -0.25) is 0 Å². The molecule has 9 heavy (non-hydrogen) atoms. The number of thiazole rings is 1. The maximum absolute atomic E-state index is 4.76. The SMILES string of the molecule is CO[CH]c1csc(C)n1. The molecule has 0 aliphatic carbocycles. The molecule has 0 bridgehead atoms. The first-order valence-corrected chi connectivity index (χ1v) is 3.49. The topological polar surface area (TPSA) is 22.1 Å². The maximum Gasteiger partial charge on any atom is 0.132 e. The number of hydrogen-bond donors (Lipinski definition) is 0. The van der Waals surface area contributed by atoms with Crippen molar-refractivity contribution < 1.29 is 4.74 Å². The lowest BCUT2D eigenvalue weighted by molar-refractivity contribution is 0.290. The van der Waals surface area contributed by atoms with Crippen LogP contribution in [-0.4, -0.2) is 12.1 Å². The Bertz CT molecular complexity index is 185. The second-order valence-corrected chi connectivity index (χ2v) is 2.71. The highest BCUT2D eigenvalue weighted by atomic mass is 32.1. The zero-order chi connectivity index (χ0) is 6.69. The van der Waals surface area contributed by atoms with E-state index in [1.165, 1.54) is 0 Å². The lowest BCUT2D eigenvalue weighted by Crippen LogP contribution is -1.82. The molecule has 0 N–H and O–H groups in total. The Morgan fingerprint density at radius 2 is 2.56 bits per heavy atom. The van der Waals surface area contributed by atoms with Crippen LogP contribution in [0.3, 0.4) is 0 Å². The third kappa shape index (κ3) is 1.77. The molecule has 0 aromatic carbocycles. The van der Waals surface area contributed by atoms with Gasteiger partial charge in [-0.2, -0.15) is 0 Å². The van der Waals surface area contributed by atoms with E-state index in [0.717, 1.165) is 10.7 Å². The third-order valence-corrected chi connectivity index (χ3v) is 1.67. The van der Waals surface area contributed by atoms with Gasteiger partial charge in [0.1, 0.15) is 6.61 Å². The van der Waals surface area contributed by atoms with Crippen LogP contribution < -0.4 is 0 Å². The van der Waals surface area contributed by atoms with E-state index in [9.17, 15) is 0 Å². The lowest BCUT2D eigenvalue weighted by Gasteiger charge is -1.87. The van der Waals surface area contributed by atoms with Gasteiger partial charge in [0.25, 0.3) is 0 Å². The number of hydrogen-bond acceptors (Lipinski definition) is 3. The average molecular weight is 142 g/mol. The van der Waals surface area contributed by atoms with E-state index in [1.54, 1.807) is 25.1 Å². The summed E-state index contributed by atoms with van der Waals surface area (Å²) in [7, 11) is 1.62. The molecule has 1 rings (SSSR count). The summed E-state index contributed by atoms with van der Waals surface area (Å²) >= 11 is 1.62. The molecule has 1 radical (unpaired) electrons. The van der Waals surface area contributed by atoms with Crippen molar-refractivity contribution in [1.82, 2.24) is 4.98 Å². The van der Waals surface area contributed by atoms with Crippen molar-refractivity contribution in [3.05, 3.63) is 22.7 Å². The zero-order valence-corrected chi connectivity index (χ0v) is 6.23. The van der Waals surface area contributed by atoms with Crippen LogP contribution in [-0.2, 0) is 4.74 Å². The Labute approximate surface area is 58.5 Å². The van der Waals surface area contributed by atoms with Crippen molar-refractivity contribution >= 4 is 11.3 Å². The minimum Gasteiger partial charge on any atom is -0.372 e. The molecule has 2 nitrogen and oxygen atoms in total. The van der Waals surface area contributed by atoms with Gasteiger partial charge in [0.05, 0.1) is 10.7 Å². The minimum atomic E-state index is 0.903. The Kier molecular flexibility index (Phi) is 2.19. The first-order chi connectivity index (χ1) is 4.33. The van der Waals surface area contributed by atoms with Crippen LogP contribution in [0, 0.1) is 13.5 Å². The van der Waals surface area contributed by atoms with Crippen molar-refractivity contribution in [2.24, 2.45) is 0 Å². The number of ether oxygens (including phenoxy) is 1. The average Bonchev–Trinajstić information content (AvgIpc) is 2.17. The summed E-state index contributed by atoms with van der Waals surface area (Å²) in [5, 5.41) is 3.03. The van der Waals surface area contributed by atoms with Crippen LogP contribution in [0.4, 0.5) is 0 Å². The van der Waals surface area contributed by atoms with Gasteiger partial charge in [0, 0.05) is 12.5 Å². The van der Waals surface area contributed by atoms with Crippen LogP contribution in [0.15, 0.2) is 5.38 Å². The summed E-state index contributed by atoms with van der Waals surface area (Å²) in [6, 6.07) is 0. The van der Waals surface area contributed by atoms with Crippen molar-refractivity contribution in [2.75, 3.05) is 7.11 Å². The van der Waals surface area contributed by atoms with E-state index >= 15 is 0 Å². The van der Waals surface area contributed by atoms with Gasteiger partial charge in [-0.1, -0.05) is 0 Å². The van der Waals surface area contributed by atoms with Crippen molar-refractivity contribution in [2.45, 2.75) is 6.92 Å². The van der Waals surface area contributed by atoms with E-state index < -0.39 is 0 Å². The zero-order valence-electron chi connectivity index (χ0n) is 5.42. The highest BCUT2D eigenvalue weighted by molar-refractivity contribution is 7.09. The first-order valence-electron chi connectivity index (χ1n) is 2.61. The molecule has 1 heterocycles. The minimum absolute atomic E-state index is 0.903. The molecule has 1 aromatic heterocycles. The van der Waals surface area contributed by atoms with Crippen molar-refractivity contribution in [1.29, 1.82) is 0 Å². The fourth-order valence-electron chi connectivity index (χ4n) is 0.555. The predicted octanol–water partition coefficient (Wildman–Crippen LogP) is 1.61. The fraction of sp³-hybridized carbons (Fsp3) is 0.333. The number of aryl methyl sites for hydroxylation is 1. The fourth-order valence-corrected chi connectivity index (χ4v) is 1.11. The Morgan fingerprint density at radius 1 is 1.78 bits per heavy atom. The second-order valence-electron chi connectivity index (χ2n) is 1.64. The monoisotopic (exact) mass is 142 g/mol. The molecular weight excluding hydrogens is 134 g/mol. The molecule has 0 fully saturated rings. The van der Waals surface area contributed by atoms with Crippen LogP contribution in [0.1, 0.15) is 10.7 Å². The summed E-state index contributed by atoms with van der Waals surface area (Å²) in [6.45, 7) is 3.60. The van der Waals surface area contributed by atoms with Crippen LogP contribution in [0.5, 0.6) is 0 Å². The second kappa shape index (κ2) is 2.94. The molecule has 0 atom stereocenters. The highest BCUT2D eigenvalue weighted by Gasteiger charge is 1.95. The summed E-state index contributed by atoms with van der Waals surface area (Å²) in [5.74, 6) is 0. The van der Waals surface area contributed by atoms with Crippen LogP contribution in [0.2, 0.25) is 0 Å². The van der Waals surface area contributed by atoms with Gasteiger partial charge < -0.3 is 4.74 Å². The summed E-state index contributed by atoms with van der Waals surface area (Å²) in [4.78, 5) is 4.14. The molecule has 3 heteroatoms. The lowest BCUT2D eigenvalue weighted by atomic mass is 10.5. The molecule has 49 valence electrons. The van der Waals surface area contributed by atoms with Gasteiger partial charge in [-0.25, -0.2) is 4.98 Å². The number of rotatable bonds is 2. The van der Waals surface area contributed by atoms with Crippen LogP contribution in [0.25, 0.3) is 0 Å². The highest BCUT2D eigenvalue weighted by Crippen LogP contribution is 2.08. The van der Waals surface area contributed by atoms with Gasteiger partial charge in [0.2, 0.25) is 0 Å². The Morgan fingerprint density at radius 3 is 3.00 bits per heavy atom. The Hall–Kier alpha value is -0.410. The largest absolute Gasteiger partial charge is 0.372 e. The van der Waals surface area contributed by atoms with Gasteiger partial charge in [0.15, 0.2) is 0 Å². The maximum atomic E-state index is 4.76. The van der Waals surface area contributed by atoms with Crippen molar-refractivity contribution in [3.63, 3.8) is 0 Å². The molecule has 0 saturated carbocycles. The van der Waals surface area contributed by atoms with E-state index in [-0.39, 0.29) is 0 Å². The molecule has 0 aliphatic heterocycles. The number of methoxy groups -OCH3 is 1. The number of nitrogens with zero attached hydrogens (tertiary/aromatic N) is 1. The standard InChI is InChI=1S/C6H8NOS/c1-5-7-6(3-8-2)4-9-5/h3-4H,1-2H3. The first kappa shape index (κ1) is 6.71. The summed E-state index contributed by atoms with van der Waals surface area (Å²) in [5.41, 5.74) is 0.903. The van der Waals surface area contributed by atoms with Crippen LogP contribution >= 0.6 is 11.3 Å². The predicted molar refractivity (Wildman–Crippen MR) is 37.3 cm³/mol. The molecule has 0 spiro atoms. The van der Waals surface area contributed by atoms with Crippen molar-refractivity contribution in [3.8, 4) is 0 Å². The third-order valence-electron chi connectivity index (χ3n) is 0.875. The van der Waals surface area contributed by atoms with Gasteiger partial charge in [-0.15, -0.1) is 11.3 Å². The smallest absolute Gasteiger partial charge is 0.132 e. The normalized spacial score (nSPS) is 10.0. The Balaban J connectivity index is 2.61. The molecule has 0 aliphatic rings. The summed E-state index contributed by atoms with van der Waals surface area (Å²) in [6.07, 6.45) is 0. The van der Waals surface area contributed by atoms with Gasteiger partial charge in [-0.05, 0) is 6.92 Å². The van der Waals surface area contributed by atoms with E-state index in [4.69, 9.17) is 4.74 Å². The summed E-state index contributed by atoms with van der Waals surface area (Å²) < 4.78 is 4.76. The van der Waals surface area contributed by atoms with E-state index in [2.05, 4.69) is 4.98 Å². The molecule has 1 aromatic rings. The molecular formula is C6H8NOS.